The lowest BCUT2D eigenvalue weighted by Gasteiger charge is -2.18. The first-order valence-electron chi connectivity index (χ1n) is 7.53. The van der Waals surface area contributed by atoms with E-state index >= 15 is 0 Å². The molecule has 1 aromatic carbocycles. The highest BCUT2D eigenvalue weighted by atomic mass is 32.2. The van der Waals surface area contributed by atoms with Gasteiger partial charge in [-0.3, -0.25) is 9.89 Å². The van der Waals surface area contributed by atoms with Crippen LogP contribution in [0.3, 0.4) is 0 Å². The van der Waals surface area contributed by atoms with Gasteiger partial charge < -0.3 is 5.32 Å². The summed E-state index contributed by atoms with van der Waals surface area (Å²) in [4.78, 5) is 17.7. The highest BCUT2D eigenvalue weighted by molar-refractivity contribution is 7.99. The Balaban J connectivity index is 1.69. The average molecular weight is 358 g/mol. The van der Waals surface area contributed by atoms with Gasteiger partial charge in [0.05, 0.1) is 11.8 Å². The van der Waals surface area contributed by atoms with E-state index in [1.165, 1.54) is 17.3 Å². The van der Waals surface area contributed by atoms with E-state index < -0.39 is 0 Å². The number of thioether (sulfide) groups is 1. The number of hydrogen-bond donors (Lipinski definition) is 2. The van der Waals surface area contributed by atoms with Crippen LogP contribution < -0.4 is 5.32 Å². The number of aromatic amines is 1. The minimum absolute atomic E-state index is 0.0403. The highest BCUT2D eigenvalue weighted by Crippen LogP contribution is 2.26. The summed E-state index contributed by atoms with van der Waals surface area (Å²) >= 11 is 2.96. The number of benzene rings is 1. The molecule has 0 saturated carbocycles. The van der Waals surface area contributed by atoms with E-state index in [1.807, 2.05) is 24.4 Å². The van der Waals surface area contributed by atoms with Crippen molar-refractivity contribution >= 4 is 29.0 Å². The zero-order chi connectivity index (χ0) is 16.9. The summed E-state index contributed by atoms with van der Waals surface area (Å²) in [5, 5.41) is 12.5. The Labute approximate surface area is 148 Å². The highest BCUT2D eigenvalue weighted by Gasteiger charge is 2.18. The summed E-state index contributed by atoms with van der Waals surface area (Å²) in [6, 6.07) is 12.2. The third kappa shape index (κ3) is 4.24. The van der Waals surface area contributed by atoms with Crippen LogP contribution in [-0.2, 0) is 4.79 Å². The smallest absolute Gasteiger partial charge is 0.231 e. The van der Waals surface area contributed by atoms with Gasteiger partial charge in [0.25, 0.3) is 0 Å². The minimum atomic E-state index is -0.132. The van der Waals surface area contributed by atoms with Crippen LogP contribution >= 0.6 is 23.1 Å². The summed E-state index contributed by atoms with van der Waals surface area (Å²) in [5.41, 5.74) is 2.28. The van der Waals surface area contributed by atoms with Crippen molar-refractivity contribution in [1.29, 1.82) is 0 Å². The number of aryl methyl sites for hydroxylation is 2. The van der Waals surface area contributed by atoms with Crippen molar-refractivity contribution in [3.05, 3.63) is 63.6 Å². The van der Waals surface area contributed by atoms with Gasteiger partial charge in [-0.25, -0.2) is 4.98 Å². The molecule has 0 bridgehead atoms. The molecule has 0 aliphatic carbocycles. The molecule has 0 radical (unpaired) electrons. The number of carbonyl (C=O) groups excluding carboxylic acids is 1. The second-order valence-electron chi connectivity index (χ2n) is 5.42. The Morgan fingerprint density at radius 2 is 2.08 bits per heavy atom. The SMILES string of the molecule is Cc1ccc([C@@H](NC(=O)CSc2n[nH]c(C)n2)c2cccs2)cc1. The lowest BCUT2D eigenvalue weighted by molar-refractivity contribution is -0.119. The number of aromatic nitrogens is 3. The second kappa shape index (κ2) is 7.63. The van der Waals surface area contributed by atoms with Gasteiger partial charge >= 0.3 is 0 Å². The molecule has 1 atom stereocenters. The molecule has 2 heterocycles. The van der Waals surface area contributed by atoms with Crippen LogP contribution in [0, 0.1) is 13.8 Å². The fraction of sp³-hybridized carbons (Fsp3) is 0.235. The van der Waals surface area contributed by atoms with Crippen LogP contribution in [0.2, 0.25) is 0 Å². The predicted molar refractivity (Wildman–Crippen MR) is 97.3 cm³/mol. The number of nitrogens with one attached hydrogen (secondary N) is 2. The molecule has 0 spiro atoms. The van der Waals surface area contributed by atoms with Gasteiger partial charge in [-0.15, -0.1) is 16.4 Å². The Morgan fingerprint density at radius 3 is 2.71 bits per heavy atom. The maximum atomic E-state index is 12.4. The van der Waals surface area contributed by atoms with Crippen molar-refractivity contribution in [3.8, 4) is 0 Å². The van der Waals surface area contributed by atoms with Gasteiger partial charge in [0, 0.05) is 4.88 Å². The van der Waals surface area contributed by atoms with Gasteiger partial charge in [-0.2, -0.15) is 0 Å². The predicted octanol–water partition coefficient (Wildman–Crippen LogP) is 3.48. The fourth-order valence-corrected chi connectivity index (χ4v) is 3.71. The monoisotopic (exact) mass is 358 g/mol. The van der Waals surface area contributed by atoms with E-state index in [0.717, 1.165) is 16.3 Å². The zero-order valence-corrected chi connectivity index (χ0v) is 15.1. The zero-order valence-electron chi connectivity index (χ0n) is 13.4. The number of H-pyrrole nitrogens is 1. The molecule has 1 amide bonds. The van der Waals surface area contributed by atoms with Crippen molar-refractivity contribution in [1.82, 2.24) is 20.5 Å². The molecule has 0 saturated heterocycles. The normalized spacial score (nSPS) is 12.1. The van der Waals surface area contributed by atoms with Crippen molar-refractivity contribution in [2.75, 3.05) is 5.75 Å². The molecule has 5 nitrogen and oxygen atoms in total. The maximum Gasteiger partial charge on any atom is 0.231 e. The molecule has 3 rings (SSSR count). The molecule has 0 aliphatic rings. The van der Waals surface area contributed by atoms with E-state index in [2.05, 4.69) is 51.7 Å². The lowest BCUT2D eigenvalue weighted by atomic mass is 10.0. The minimum Gasteiger partial charge on any atom is -0.344 e. The van der Waals surface area contributed by atoms with E-state index in [1.54, 1.807) is 11.3 Å². The van der Waals surface area contributed by atoms with Crippen molar-refractivity contribution in [3.63, 3.8) is 0 Å². The van der Waals surface area contributed by atoms with Crippen LogP contribution in [0.5, 0.6) is 0 Å². The standard InChI is InChI=1S/C17H18N4OS2/c1-11-5-7-13(8-6-11)16(14-4-3-9-23-14)19-15(22)10-24-17-18-12(2)20-21-17/h3-9,16H,10H2,1-2H3,(H,19,22)(H,18,20,21)/t16-/m1/s1. The molecule has 0 unspecified atom stereocenters. The Bertz CT molecular complexity index is 796. The first-order valence-corrected chi connectivity index (χ1v) is 9.39. The third-order valence-electron chi connectivity index (χ3n) is 3.45. The Morgan fingerprint density at radius 1 is 1.29 bits per heavy atom. The number of rotatable bonds is 6. The number of amides is 1. The van der Waals surface area contributed by atoms with E-state index in [0.29, 0.717) is 5.16 Å². The molecule has 0 aliphatic heterocycles. The van der Waals surface area contributed by atoms with Crippen LogP contribution in [0.15, 0.2) is 46.9 Å². The number of thiophene rings is 1. The molecule has 2 aromatic heterocycles. The van der Waals surface area contributed by atoms with Gasteiger partial charge in [0.15, 0.2) is 0 Å². The van der Waals surface area contributed by atoms with E-state index in [4.69, 9.17) is 0 Å². The largest absolute Gasteiger partial charge is 0.344 e. The molecule has 7 heteroatoms. The fourth-order valence-electron chi connectivity index (χ4n) is 2.25. The topological polar surface area (TPSA) is 70.7 Å². The van der Waals surface area contributed by atoms with Crippen LogP contribution in [-0.4, -0.2) is 26.8 Å². The first-order chi connectivity index (χ1) is 11.6. The van der Waals surface area contributed by atoms with Crippen LogP contribution in [0.4, 0.5) is 0 Å². The Hall–Kier alpha value is -2.12. The molecule has 0 fully saturated rings. The molecule has 24 heavy (non-hydrogen) atoms. The molecule has 124 valence electrons. The number of nitrogens with zero attached hydrogens (tertiary/aromatic N) is 2. The van der Waals surface area contributed by atoms with Gasteiger partial charge in [0.1, 0.15) is 5.82 Å². The maximum absolute atomic E-state index is 12.4. The molecular weight excluding hydrogens is 340 g/mol. The summed E-state index contributed by atoms with van der Waals surface area (Å²) in [5.74, 6) is 0.987. The van der Waals surface area contributed by atoms with Crippen LogP contribution in [0.1, 0.15) is 27.9 Å². The summed E-state index contributed by atoms with van der Waals surface area (Å²) in [6.07, 6.45) is 0. The first kappa shape index (κ1) is 16.7. The Kier molecular flexibility index (Phi) is 5.32. The van der Waals surface area contributed by atoms with Gasteiger partial charge in [0.2, 0.25) is 11.1 Å². The summed E-state index contributed by atoms with van der Waals surface area (Å²) in [7, 11) is 0. The number of hydrogen-bond acceptors (Lipinski definition) is 5. The average Bonchev–Trinajstić information content (AvgIpc) is 3.23. The number of carbonyl (C=O) groups is 1. The third-order valence-corrected chi connectivity index (χ3v) is 5.24. The second-order valence-corrected chi connectivity index (χ2v) is 7.34. The van der Waals surface area contributed by atoms with Crippen molar-refractivity contribution in [2.45, 2.75) is 25.0 Å². The molecule has 3 aromatic rings. The summed E-state index contributed by atoms with van der Waals surface area (Å²) in [6.45, 7) is 3.89. The van der Waals surface area contributed by atoms with Gasteiger partial charge in [-0.1, -0.05) is 47.7 Å². The van der Waals surface area contributed by atoms with E-state index in [9.17, 15) is 4.79 Å². The summed E-state index contributed by atoms with van der Waals surface area (Å²) < 4.78 is 0. The quantitative estimate of drug-likeness (QED) is 0.662. The van der Waals surface area contributed by atoms with Gasteiger partial charge in [-0.05, 0) is 30.9 Å². The van der Waals surface area contributed by atoms with Crippen molar-refractivity contribution < 1.29 is 4.79 Å². The van der Waals surface area contributed by atoms with E-state index in [-0.39, 0.29) is 17.7 Å². The lowest BCUT2D eigenvalue weighted by Crippen LogP contribution is -2.30. The van der Waals surface area contributed by atoms with Crippen LogP contribution in [0.25, 0.3) is 0 Å². The molecular formula is C17H18N4OS2. The van der Waals surface area contributed by atoms with Crippen molar-refractivity contribution in [2.24, 2.45) is 0 Å². The molecule has 2 N–H and O–H groups in total.